The predicted molar refractivity (Wildman–Crippen MR) is 83.1 cm³/mol. The summed E-state index contributed by atoms with van der Waals surface area (Å²) in [5.74, 6) is 0. The summed E-state index contributed by atoms with van der Waals surface area (Å²) in [4.78, 5) is 4.56. The van der Waals surface area contributed by atoms with Gasteiger partial charge in [0.2, 0.25) is 0 Å². The fourth-order valence-electron chi connectivity index (χ4n) is 2.85. The number of nitrogens with one attached hydrogen (secondary N) is 1. The molecule has 3 heteroatoms. The lowest BCUT2D eigenvalue weighted by Gasteiger charge is -2.25. The molecule has 1 aliphatic rings. The molecule has 0 aliphatic heterocycles. The molecule has 3 rings (SSSR count). The highest BCUT2D eigenvalue weighted by molar-refractivity contribution is 6.30. The first-order valence-corrected chi connectivity index (χ1v) is 7.62. The van der Waals surface area contributed by atoms with Gasteiger partial charge < -0.3 is 5.32 Å². The van der Waals surface area contributed by atoms with E-state index in [1.54, 1.807) is 0 Å². The van der Waals surface area contributed by atoms with Crippen molar-refractivity contribution < 1.29 is 0 Å². The molecule has 20 heavy (non-hydrogen) atoms. The molecule has 0 spiro atoms. The van der Waals surface area contributed by atoms with Gasteiger partial charge in [-0.3, -0.25) is 4.98 Å². The van der Waals surface area contributed by atoms with Crippen molar-refractivity contribution in [2.45, 2.75) is 31.7 Å². The van der Waals surface area contributed by atoms with Crippen molar-refractivity contribution in [1.82, 2.24) is 10.3 Å². The quantitative estimate of drug-likeness (QED) is 0.921. The lowest BCUT2D eigenvalue weighted by molar-refractivity contribution is 0.451. The second kappa shape index (κ2) is 6.38. The van der Waals surface area contributed by atoms with Crippen LogP contribution < -0.4 is 5.32 Å². The Balaban J connectivity index is 1.58. The van der Waals surface area contributed by atoms with Crippen molar-refractivity contribution in [2.75, 3.05) is 6.54 Å². The van der Waals surface area contributed by atoms with Crippen LogP contribution in [0.4, 0.5) is 0 Å². The van der Waals surface area contributed by atoms with Crippen LogP contribution in [-0.4, -0.2) is 11.5 Å². The molecule has 0 radical (unpaired) electrons. The smallest absolute Gasteiger partial charge is 0.0605 e. The van der Waals surface area contributed by atoms with Gasteiger partial charge in [0.15, 0.2) is 0 Å². The van der Waals surface area contributed by atoms with Crippen molar-refractivity contribution in [1.29, 1.82) is 0 Å². The second-order valence-electron chi connectivity index (χ2n) is 5.32. The van der Waals surface area contributed by atoms with Gasteiger partial charge in [-0.25, -0.2) is 0 Å². The van der Waals surface area contributed by atoms with Crippen LogP contribution in [0.3, 0.4) is 0 Å². The maximum Gasteiger partial charge on any atom is 0.0605 e. The Kier molecular flexibility index (Phi) is 4.34. The van der Waals surface area contributed by atoms with Gasteiger partial charge in [-0.05, 0) is 61.6 Å². The normalized spacial score (nSPS) is 17.8. The minimum absolute atomic E-state index is 0.409. The molecule has 104 valence electrons. The first kappa shape index (κ1) is 13.6. The molecule has 0 bridgehead atoms. The van der Waals surface area contributed by atoms with E-state index in [2.05, 4.69) is 28.5 Å². The van der Waals surface area contributed by atoms with Crippen molar-refractivity contribution in [3.8, 4) is 0 Å². The summed E-state index contributed by atoms with van der Waals surface area (Å²) in [5, 5.41) is 4.44. The Hall–Kier alpha value is -1.38. The molecule has 2 nitrogen and oxygen atoms in total. The Labute approximate surface area is 125 Å². The summed E-state index contributed by atoms with van der Waals surface area (Å²) in [7, 11) is 0. The summed E-state index contributed by atoms with van der Waals surface area (Å²) in [6.07, 6.45) is 6.52. The second-order valence-corrected chi connectivity index (χ2v) is 5.76. The SMILES string of the molecule is Clc1ccc(CCNC2CCCc3cccnc32)cc1. The number of rotatable bonds is 4. The highest BCUT2D eigenvalue weighted by atomic mass is 35.5. The highest BCUT2D eigenvalue weighted by Gasteiger charge is 2.20. The number of hydrogen-bond acceptors (Lipinski definition) is 2. The summed E-state index contributed by atoms with van der Waals surface area (Å²) >= 11 is 5.90. The van der Waals surface area contributed by atoms with E-state index in [-0.39, 0.29) is 0 Å². The molecule has 0 saturated carbocycles. The molecule has 1 N–H and O–H groups in total. The molecule has 1 unspecified atom stereocenters. The van der Waals surface area contributed by atoms with E-state index in [9.17, 15) is 0 Å². The topological polar surface area (TPSA) is 24.9 Å². The Bertz CT molecular complexity index is 565. The third-order valence-electron chi connectivity index (χ3n) is 3.91. The monoisotopic (exact) mass is 286 g/mol. The van der Waals surface area contributed by atoms with E-state index in [0.717, 1.165) is 18.0 Å². The average molecular weight is 287 g/mol. The van der Waals surface area contributed by atoms with Crippen LogP contribution in [-0.2, 0) is 12.8 Å². The Morgan fingerprint density at radius 2 is 2.05 bits per heavy atom. The third-order valence-corrected chi connectivity index (χ3v) is 4.16. The number of hydrogen-bond donors (Lipinski definition) is 1. The predicted octanol–water partition coefficient (Wildman–Crippen LogP) is 3.94. The van der Waals surface area contributed by atoms with Crippen molar-refractivity contribution in [3.63, 3.8) is 0 Å². The van der Waals surface area contributed by atoms with Gasteiger partial charge in [-0.1, -0.05) is 29.8 Å². The number of pyridine rings is 1. The zero-order valence-corrected chi connectivity index (χ0v) is 12.2. The first-order valence-electron chi connectivity index (χ1n) is 7.24. The fraction of sp³-hybridized carbons (Fsp3) is 0.353. The van der Waals surface area contributed by atoms with Crippen LogP contribution in [0.15, 0.2) is 42.6 Å². The van der Waals surface area contributed by atoms with E-state index >= 15 is 0 Å². The molecule has 2 aromatic rings. The molecular weight excluding hydrogens is 268 g/mol. The third kappa shape index (κ3) is 3.20. The number of aromatic nitrogens is 1. The number of nitrogens with zero attached hydrogens (tertiary/aromatic N) is 1. The van der Waals surface area contributed by atoms with Crippen LogP contribution >= 0.6 is 11.6 Å². The van der Waals surface area contributed by atoms with E-state index < -0.39 is 0 Å². The maximum atomic E-state index is 5.90. The lowest BCUT2D eigenvalue weighted by atomic mass is 9.92. The Morgan fingerprint density at radius 1 is 1.20 bits per heavy atom. The first-order chi connectivity index (χ1) is 9.83. The lowest BCUT2D eigenvalue weighted by Crippen LogP contribution is -2.28. The van der Waals surface area contributed by atoms with Gasteiger partial charge in [-0.2, -0.15) is 0 Å². The largest absolute Gasteiger partial charge is 0.308 e. The van der Waals surface area contributed by atoms with E-state index in [1.165, 1.54) is 36.1 Å². The van der Waals surface area contributed by atoms with Gasteiger partial charge in [0.05, 0.1) is 5.69 Å². The van der Waals surface area contributed by atoms with E-state index in [4.69, 9.17) is 11.6 Å². The minimum atomic E-state index is 0.409. The van der Waals surface area contributed by atoms with Crippen LogP contribution in [0.2, 0.25) is 5.02 Å². The van der Waals surface area contributed by atoms with Gasteiger partial charge in [0, 0.05) is 17.3 Å². The summed E-state index contributed by atoms with van der Waals surface area (Å²) < 4.78 is 0. The molecular formula is C17H19ClN2. The summed E-state index contributed by atoms with van der Waals surface area (Å²) in [6.45, 7) is 0.975. The van der Waals surface area contributed by atoms with Crippen molar-refractivity contribution in [2.24, 2.45) is 0 Å². The number of fused-ring (bicyclic) bond motifs is 1. The zero-order chi connectivity index (χ0) is 13.8. The van der Waals surface area contributed by atoms with Gasteiger partial charge in [0.1, 0.15) is 0 Å². The molecule has 1 aromatic heterocycles. The van der Waals surface area contributed by atoms with Crippen LogP contribution in [0.1, 0.15) is 35.7 Å². The molecule has 0 fully saturated rings. The number of benzene rings is 1. The highest BCUT2D eigenvalue weighted by Crippen LogP contribution is 2.27. The average Bonchev–Trinajstić information content (AvgIpc) is 2.49. The van der Waals surface area contributed by atoms with Crippen molar-refractivity contribution in [3.05, 3.63) is 64.4 Å². The van der Waals surface area contributed by atoms with Crippen LogP contribution in [0.5, 0.6) is 0 Å². The molecule has 1 atom stereocenters. The maximum absolute atomic E-state index is 5.90. The molecule has 1 heterocycles. The number of aryl methyl sites for hydroxylation is 1. The molecule has 0 amide bonds. The van der Waals surface area contributed by atoms with Crippen LogP contribution in [0.25, 0.3) is 0 Å². The van der Waals surface area contributed by atoms with E-state index in [0.29, 0.717) is 6.04 Å². The molecule has 1 aliphatic carbocycles. The molecule has 0 saturated heterocycles. The zero-order valence-electron chi connectivity index (χ0n) is 11.5. The minimum Gasteiger partial charge on any atom is -0.308 e. The van der Waals surface area contributed by atoms with Crippen molar-refractivity contribution >= 4 is 11.6 Å². The summed E-state index contributed by atoms with van der Waals surface area (Å²) in [6, 6.07) is 12.7. The van der Waals surface area contributed by atoms with E-state index in [1.807, 2.05) is 24.4 Å². The van der Waals surface area contributed by atoms with Gasteiger partial charge >= 0.3 is 0 Å². The molecule has 1 aromatic carbocycles. The van der Waals surface area contributed by atoms with Gasteiger partial charge in [0.25, 0.3) is 0 Å². The van der Waals surface area contributed by atoms with Crippen LogP contribution in [0, 0.1) is 0 Å². The Morgan fingerprint density at radius 3 is 2.90 bits per heavy atom. The summed E-state index contributed by atoms with van der Waals surface area (Å²) in [5.41, 5.74) is 3.97. The fourth-order valence-corrected chi connectivity index (χ4v) is 2.98. The number of halogens is 1. The van der Waals surface area contributed by atoms with Gasteiger partial charge in [-0.15, -0.1) is 0 Å². The standard InChI is InChI=1S/C17H19ClN2/c18-15-8-6-13(7-9-15)10-12-19-16-5-1-3-14-4-2-11-20-17(14)16/h2,4,6-9,11,16,19H,1,3,5,10,12H2.